The zero-order valence-electron chi connectivity index (χ0n) is 14.7. The van der Waals surface area contributed by atoms with Gasteiger partial charge in [-0.15, -0.1) is 0 Å². The van der Waals surface area contributed by atoms with Gasteiger partial charge in [-0.05, 0) is 48.2 Å². The number of nitrogens with zero attached hydrogens (tertiary/aromatic N) is 1. The van der Waals surface area contributed by atoms with E-state index in [2.05, 4.69) is 0 Å². The van der Waals surface area contributed by atoms with Crippen LogP contribution in [0.25, 0.3) is 0 Å². The molecule has 1 aliphatic heterocycles. The first-order chi connectivity index (χ1) is 12.5. The minimum absolute atomic E-state index is 0.0954. The maximum atomic E-state index is 13.2. The van der Waals surface area contributed by atoms with E-state index in [1.807, 2.05) is 56.3 Å². The molecule has 4 atom stereocenters. The molecule has 0 aromatic heterocycles. The lowest BCUT2D eigenvalue weighted by Crippen LogP contribution is -2.44. The Labute approximate surface area is 151 Å². The van der Waals surface area contributed by atoms with Crippen LogP contribution in [-0.4, -0.2) is 17.6 Å². The Morgan fingerprint density at radius 1 is 0.846 bits per heavy atom. The normalized spacial score (nSPS) is 29.2. The maximum absolute atomic E-state index is 13.2. The summed E-state index contributed by atoms with van der Waals surface area (Å²) in [7, 11) is 0. The number of anilines is 1. The molecule has 2 aromatic rings. The number of imide groups is 1. The Hall–Kier alpha value is -2.75. The zero-order chi connectivity index (χ0) is 18.2. The highest BCUT2D eigenvalue weighted by molar-refractivity contribution is 6.24. The van der Waals surface area contributed by atoms with E-state index in [0.717, 1.165) is 22.3 Å². The molecule has 2 amide bonds. The quantitative estimate of drug-likeness (QED) is 0.746. The summed E-state index contributed by atoms with van der Waals surface area (Å²) in [4.78, 5) is 40.5. The molecule has 2 aromatic carbocycles. The van der Waals surface area contributed by atoms with Gasteiger partial charge < -0.3 is 0 Å². The first kappa shape index (κ1) is 15.5. The second kappa shape index (κ2) is 5.13. The van der Waals surface area contributed by atoms with Gasteiger partial charge in [0.1, 0.15) is 5.78 Å². The van der Waals surface area contributed by atoms with Crippen LogP contribution >= 0.6 is 0 Å². The van der Waals surface area contributed by atoms with Crippen LogP contribution in [0.5, 0.6) is 0 Å². The summed E-state index contributed by atoms with van der Waals surface area (Å²) in [5.74, 6) is -1.90. The number of Topliss-reactive ketones (excluding diaryl/α,β-unsaturated/α-hetero) is 1. The van der Waals surface area contributed by atoms with Gasteiger partial charge in [0, 0.05) is 12.3 Å². The van der Waals surface area contributed by atoms with Crippen LogP contribution in [0, 0.1) is 25.7 Å². The second-order valence-electron chi connectivity index (χ2n) is 7.72. The smallest absolute Gasteiger partial charge is 0.238 e. The van der Waals surface area contributed by atoms with E-state index in [9.17, 15) is 14.4 Å². The van der Waals surface area contributed by atoms with E-state index in [0.29, 0.717) is 12.1 Å². The Morgan fingerprint density at radius 3 is 2.27 bits per heavy atom. The Bertz CT molecular complexity index is 993. The molecule has 1 heterocycles. The third kappa shape index (κ3) is 1.82. The number of amides is 2. The molecular weight excluding hydrogens is 326 g/mol. The van der Waals surface area contributed by atoms with E-state index in [1.54, 1.807) is 0 Å². The van der Waals surface area contributed by atoms with E-state index < -0.39 is 17.8 Å². The van der Waals surface area contributed by atoms with Crippen molar-refractivity contribution in [3.8, 4) is 0 Å². The van der Waals surface area contributed by atoms with Gasteiger partial charge in [0.15, 0.2) is 0 Å². The molecule has 1 saturated carbocycles. The highest BCUT2D eigenvalue weighted by atomic mass is 16.2. The molecule has 0 unspecified atom stereocenters. The molecule has 130 valence electrons. The molecule has 1 saturated heterocycles. The van der Waals surface area contributed by atoms with E-state index in [1.165, 1.54) is 4.90 Å². The van der Waals surface area contributed by atoms with Crippen molar-refractivity contribution < 1.29 is 14.4 Å². The van der Waals surface area contributed by atoms with Crippen molar-refractivity contribution in [1.29, 1.82) is 0 Å². The predicted octanol–water partition coefficient (Wildman–Crippen LogP) is 3.26. The Morgan fingerprint density at radius 2 is 1.54 bits per heavy atom. The van der Waals surface area contributed by atoms with E-state index in [4.69, 9.17) is 0 Å². The maximum Gasteiger partial charge on any atom is 0.238 e. The molecule has 2 fully saturated rings. The van der Waals surface area contributed by atoms with Crippen LogP contribution in [0.2, 0.25) is 0 Å². The first-order valence-electron chi connectivity index (χ1n) is 9.05. The van der Waals surface area contributed by atoms with Gasteiger partial charge in [0.2, 0.25) is 11.8 Å². The Balaban J connectivity index is 1.65. The van der Waals surface area contributed by atoms with Gasteiger partial charge in [-0.2, -0.15) is 0 Å². The number of rotatable bonds is 1. The number of fused-ring (bicyclic) bond motifs is 1. The highest BCUT2D eigenvalue weighted by Crippen LogP contribution is 2.57. The van der Waals surface area contributed by atoms with Crippen molar-refractivity contribution >= 4 is 23.3 Å². The van der Waals surface area contributed by atoms with Crippen LogP contribution in [0.1, 0.15) is 40.5 Å². The molecule has 0 spiro atoms. The average molecular weight is 345 g/mol. The highest BCUT2D eigenvalue weighted by Gasteiger charge is 2.62. The van der Waals surface area contributed by atoms with Gasteiger partial charge >= 0.3 is 0 Å². The molecule has 0 N–H and O–H groups in total. The summed E-state index contributed by atoms with van der Waals surface area (Å²) < 4.78 is 0. The molecule has 4 nitrogen and oxygen atoms in total. The van der Waals surface area contributed by atoms with Gasteiger partial charge in [0.05, 0.1) is 23.4 Å². The summed E-state index contributed by atoms with van der Waals surface area (Å²) in [5, 5.41) is 0. The number of ketones is 1. The SMILES string of the molecule is Cc1ccc(N2C(=O)[C@@H]3[C@H](C2=O)[C@H]2CC(=O)[C@H]3c3ccccc32)cc1C. The molecule has 26 heavy (non-hydrogen) atoms. The fourth-order valence-electron chi connectivity index (χ4n) is 5.08. The van der Waals surface area contributed by atoms with Gasteiger partial charge in [-0.1, -0.05) is 30.3 Å². The standard InChI is InChI=1S/C22H19NO3/c1-11-7-8-13(9-12(11)2)23-21(25)19-16-10-17(24)18(20(19)22(23)26)15-6-4-3-5-14(15)16/h3-9,16,18-20H,10H2,1-2H3/t16-,18+,19+,20-/m0/s1. The summed E-state index contributed by atoms with van der Waals surface area (Å²) in [6.45, 7) is 3.97. The van der Waals surface area contributed by atoms with E-state index in [-0.39, 0.29) is 23.5 Å². The largest absolute Gasteiger partial charge is 0.299 e. The Kier molecular flexibility index (Phi) is 3.06. The molecule has 4 heteroatoms. The first-order valence-corrected chi connectivity index (χ1v) is 9.05. The average Bonchev–Trinajstić information content (AvgIpc) is 2.90. The number of aryl methyl sites for hydroxylation is 2. The molecule has 0 radical (unpaired) electrons. The van der Waals surface area contributed by atoms with Crippen molar-refractivity contribution in [2.45, 2.75) is 32.1 Å². The zero-order valence-corrected chi connectivity index (χ0v) is 14.7. The van der Waals surface area contributed by atoms with Crippen molar-refractivity contribution in [1.82, 2.24) is 0 Å². The lowest BCUT2D eigenvalue weighted by atomic mass is 9.56. The van der Waals surface area contributed by atoms with Crippen molar-refractivity contribution in [3.05, 3.63) is 64.7 Å². The number of carbonyl (C=O) groups excluding carboxylic acids is 3. The molecule has 2 bridgehead atoms. The van der Waals surface area contributed by atoms with Gasteiger partial charge in [0.25, 0.3) is 0 Å². The molecule has 4 aliphatic rings. The van der Waals surface area contributed by atoms with Crippen molar-refractivity contribution in [3.63, 3.8) is 0 Å². The van der Waals surface area contributed by atoms with Crippen LogP contribution in [0.3, 0.4) is 0 Å². The predicted molar refractivity (Wildman–Crippen MR) is 96.9 cm³/mol. The monoisotopic (exact) mass is 345 g/mol. The van der Waals surface area contributed by atoms with Crippen molar-refractivity contribution in [2.24, 2.45) is 11.8 Å². The summed E-state index contributed by atoms with van der Waals surface area (Å²) in [5.41, 5.74) is 4.79. The minimum Gasteiger partial charge on any atom is -0.299 e. The van der Waals surface area contributed by atoms with Crippen molar-refractivity contribution in [2.75, 3.05) is 4.90 Å². The summed E-state index contributed by atoms with van der Waals surface area (Å²) in [6.07, 6.45) is 0.364. The molecular formula is C22H19NO3. The summed E-state index contributed by atoms with van der Waals surface area (Å²) >= 11 is 0. The van der Waals surface area contributed by atoms with Crippen LogP contribution in [0.4, 0.5) is 5.69 Å². The number of benzene rings is 2. The topological polar surface area (TPSA) is 54.5 Å². The van der Waals surface area contributed by atoms with Crippen LogP contribution in [0.15, 0.2) is 42.5 Å². The minimum atomic E-state index is -0.551. The lowest BCUT2D eigenvalue weighted by molar-refractivity contribution is -0.134. The molecule has 6 rings (SSSR count). The second-order valence-corrected chi connectivity index (χ2v) is 7.72. The van der Waals surface area contributed by atoms with E-state index >= 15 is 0 Å². The van der Waals surface area contributed by atoms with Gasteiger partial charge in [-0.3, -0.25) is 14.4 Å². The molecule has 3 aliphatic carbocycles. The number of carbonyl (C=O) groups is 3. The third-order valence-corrected chi connectivity index (χ3v) is 6.44. The lowest BCUT2D eigenvalue weighted by Gasteiger charge is -2.43. The third-order valence-electron chi connectivity index (χ3n) is 6.44. The van der Waals surface area contributed by atoms with Crippen LogP contribution in [-0.2, 0) is 14.4 Å². The fraction of sp³-hybridized carbons (Fsp3) is 0.318. The number of hydrogen-bond donors (Lipinski definition) is 0. The van der Waals surface area contributed by atoms with Gasteiger partial charge in [-0.25, -0.2) is 4.90 Å². The number of hydrogen-bond acceptors (Lipinski definition) is 3. The van der Waals surface area contributed by atoms with Crippen LogP contribution < -0.4 is 4.90 Å². The fourth-order valence-corrected chi connectivity index (χ4v) is 5.08. The summed E-state index contributed by atoms with van der Waals surface area (Å²) in [6, 6.07) is 13.4.